The number of aromatic nitrogens is 3. The third kappa shape index (κ3) is 3.90. The molecule has 0 atom stereocenters. The fourth-order valence-corrected chi connectivity index (χ4v) is 4.09. The molecule has 0 N–H and O–H groups in total. The third-order valence-corrected chi connectivity index (χ3v) is 5.88. The number of oxazole rings is 1. The summed E-state index contributed by atoms with van der Waals surface area (Å²) in [4.78, 5) is 22.1. The van der Waals surface area contributed by atoms with Gasteiger partial charge in [0.05, 0.1) is 18.9 Å². The smallest absolute Gasteiger partial charge is 0.245 e. The number of methoxy groups -OCH3 is 1. The van der Waals surface area contributed by atoms with Crippen LogP contribution in [-0.2, 0) is 6.54 Å². The minimum atomic E-state index is -0.240. The molecule has 0 unspecified atom stereocenters. The number of halogens is 1. The second-order valence-corrected chi connectivity index (χ2v) is 8.07. The van der Waals surface area contributed by atoms with Gasteiger partial charge >= 0.3 is 0 Å². The summed E-state index contributed by atoms with van der Waals surface area (Å²) >= 11 is 6.05. The maximum Gasteiger partial charge on any atom is 0.245 e. The Balaban J connectivity index is 1.61. The van der Waals surface area contributed by atoms with Gasteiger partial charge in [0, 0.05) is 34.4 Å². The summed E-state index contributed by atoms with van der Waals surface area (Å²) in [5.41, 5.74) is 3.96. The summed E-state index contributed by atoms with van der Waals surface area (Å²) < 4.78 is 13.3. The van der Waals surface area contributed by atoms with Gasteiger partial charge in [-0.15, -0.1) is 0 Å². The molecule has 0 amide bonds. The van der Waals surface area contributed by atoms with Gasteiger partial charge in [0.15, 0.2) is 5.76 Å². The number of nitrogens with zero attached hydrogens (tertiary/aromatic N) is 3. The molecule has 2 aromatic carbocycles. The standard InChI is InChI=1S/C26H20ClN3O3/c1-16-24(25(31)23-14-29-26(33-23)21-5-3-4-12-28-21)20-13-19(32-2)10-11-22(20)30(16)15-17-6-8-18(27)9-7-17/h3-14H,15H2,1-2H3. The summed E-state index contributed by atoms with van der Waals surface area (Å²) in [5.74, 6) is 0.897. The van der Waals surface area contributed by atoms with E-state index in [1.165, 1.54) is 6.20 Å². The number of hydrogen-bond donors (Lipinski definition) is 0. The van der Waals surface area contributed by atoms with E-state index in [0.717, 1.165) is 22.2 Å². The lowest BCUT2D eigenvalue weighted by Crippen LogP contribution is -2.05. The minimum Gasteiger partial charge on any atom is -0.497 e. The highest BCUT2D eigenvalue weighted by molar-refractivity contribution is 6.30. The van der Waals surface area contributed by atoms with Crippen molar-refractivity contribution in [2.24, 2.45) is 0 Å². The van der Waals surface area contributed by atoms with Gasteiger partial charge in [0.2, 0.25) is 11.7 Å². The van der Waals surface area contributed by atoms with Crippen molar-refractivity contribution in [2.75, 3.05) is 7.11 Å². The van der Waals surface area contributed by atoms with E-state index < -0.39 is 0 Å². The first-order valence-electron chi connectivity index (χ1n) is 10.4. The molecule has 0 saturated carbocycles. The zero-order valence-corrected chi connectivity index (χ0v) is 18.8. The lowest BCUT2D eigenvalue weighted by Gasteiger charge is -2.09. The highest BCUT2D eigenvalue weighted by Crippen LogP contribution is 2.32. The Bertz CT molecular complexity index is 1450. The van der Waals surface area contributed by atoms with Gasteiger partial charge in [-0.2, -0.15) is 0 Å². The number of ketones is 1. The predicted molar refractivity (Wildman–Crippen MR) is 127 cm³/mol. The van der Waals surface area contributed by atoms with Crippen LogP contribution in [0.4, 0.5) is 0 Å². The van der Waals surface area contributed by atoms with Crippen LogP contribution in [0.15, 0.2) is 77.5 Å². The minimum absolute atomic E-state index is 0.159. The van der Waals surface area contributed by atoms with Crippen molar-refractivity contribution in [1.82, 2.24) is 14.5 Å². The van der Waals surface area contributed by atoms with Crippen molar-refractivity contribution in [1.29, 1.82) is 0 Å². The molecule has 0 aliphatic rings. The van der Waals surface area contributed by atoms with Crippen molar-refractivity contribution in [2.45, 2.75) is 13.5 Å². The van der Waals surface area contributed by atoms with E-state index in [2.05, 4.69) is 14.5 Å². The van der Waals surface area contributed by atoms with Crippen LogP contribution < -0.4 is 4.74 Å². The molecule has 164 valence electrons. The van der Waals surface area contributed by atoms with Crippen LogP contribution in [0.25, 0.3) is 22.5 Å². The number of fused-ring (bicyclic) bond motifs is 1. The van der Waals surface area contributed by atoms with Crippen molar-refractivity contribution in [3.05, 3.63) is 101 Å². The molecule has 0 spiro atoms. The van der Waals surface area contributed by atoms with Gasteiger partial charge in [-0.05, 0) is 55.0 Å². The Hall–Kier alpha value is -3.90. The second kappa shape index (κ2) is 8.56. The summed E-state index contributed by atoms with van der Waals surface area (Å²) in [6.45, 7) is 2.53. The first kappa shape index (κ1) is 21.0. The van der Waals surface area contributed by atoms with E-state index >= 15 is 0 Å². The molecule has 0 aliphatic heterocycles. The normalized spacial score (nSPS) is 11.1. The first-order valence-corrected chi connectivity index (χ1v) is 10.8. The van der Waals surface area contributed by atoms with E-state index in [0.29, 0.717) is 34.5 Å². The maximum atomic E-state index is 13.6. The van der Waals surface area contributed by atoms with E-state index in [4.69, 9.17) is 20.8 Å². The van der Waals surface area contributed by atoms with Crippen LogP contribution >= 0.6 is 11.6 Å². The number of ether oxygens (including phenoxy) is 1. The molecular weight excluding hydrogens is 438 g/mol. The molecule has 0 radical (unpaired) electrons. The topological polar surface area (TPSA) is 70.2 Å². The Kier molecular flexibility index (Phi) is 5.44. The summed E-state index contributed by atoms with van der Waals surface area (Å²) in [7, 11) is 1.61. The maximum absolute atomic E-state index is 13.6. The zero-order chi connectivity index (χ0) is 22.9. The summed E-state index contributed by atoms with van der Waals surface area (Å²) in [6, 6.07) is 18.9. The quantitative estimate of drug-likeness (QED) is 0.295. The number of hydrogen-bond acceptors (Lipinski definition) is 5. The average molecular weight is 458 g/mol. The molecular formula is C26H20ClN3O3. The summed E-state index contributed by atoms with van der Waals surface area (Å²) in [5, 5.41) is 1.48. The average Bonchev–Trinajstić information content (AvgIpc) is 3.44. The SMILES string of the molecule is COc1ccc2c(c1)c(C(=O)c1cnc(-c3ccccn3)o1)c(C)n2Cc1ccc(Cl)cc1. The van der Waals surface area contributed by atoms with Gasteiger partial charge in [-0.25, -0.2) is 4.98 Å². The van der Waals surface area contributed by atoms with E-state index in [1.807, 2.05) is 61.5 Å². The fourth-order valence-electron chi connectivity index (χ4n) is 3.96. The number of carbonyl (C=O) groups excluding carboxylic acids is 1. The number of rotatable bonds is 6. The van der Waals surface area contributed by atoms with Crippen LogP contribution in [0.1, 0.15) is 27.4 Å². The molecule has 3 heterocycles. The second-order valence-electron chi connectivity index (χ2n) is 7.63. The number of pyridine rings is 1. The fraction of sp³-hybridized carbons (Fsp3) is 0.115. The monoisotopic (exact) mass is 457 g/mol. The Morgan fingerprint density at radius 1 is 1.09 bits per heavy atom. The molecule has 7 heteroatoms. The van der Waals surface area contributed by atoms with Crippen molar-refractivity contribution >= 4 is 28.3 Å². The number of benzene rings is 2. The highest BCUT2D eigenvalue weighted by atomic mass is 35.5. The van der Waals surface area contributed by atoms with Crippen LogP contribution in [0, 0.1) is 6.92 Å². The van der Waals surface area contributed by atoms with Crippen LogP contribution in [0.2, 0.25) is 5.02 Å². The van der Waals surface area contributed by atoms with Crippen LogP contribution in [0.3, 0.4) is 0 Å². The van der Waals surface area contributed by atoms with Crippen molar-refractivity contribution in [3.63, 3.8) is 0 Å². The molecule has 0 aliphatic carbocycles. The molecule has 5 aromatic rings. The van der Waals surface area contributed by atoms with Gasteiger partial charge in [0.1, 0.15) is 11.4 Å². The van der Waals surface area contributed by atoms with Crippen LogP contribution in [-0.4, -0.2) is 27.4 Å². The first-order chi connectivity index (χ1) is 16.0. The van der Waals surface area contributed by atoms with Gasteiger partial charge in [-0.3, -0.25) is 9.78 Å². The molecule has 0 saturated heterocycles. The molecule has 3 aromatic heterocycles. The predicted octanol–water partition coefficient (Wildman–Crippen LogP) is 5.94. The van der Waals surface area contributed by atoms with E-state index in [-0.39, 0.29) is 11.5 Å². The molecule has 5 rings (SSSR count). The van der Waals surface area contributed by atoms with Gasteiger partial charge in [0.25, 0.3) is 0 Å². The lowest BCUT2D eigenvalue weighted by atomic mass is 10.1. The van der Waals surface area contributed by atoms with Crippen molar-refractivity contribution < 1.29 is 13.9 Å². The molecule has 6 nitrogen and oxygen atoms in total. The Morgan fingerprint density at radius 2 is 1.91 bits per heavy atom. The molecule has 33 heavy (non-hydrogen) atoms. The Labute approximate surface area is 195 Å². The molecule has 0 bridgehead atoms. The number of carbonyl (C=O) groups is 1. The van der Waals surface area contributed by atoms with Crippen LogP contribution in [0.5, 0.6) is 5.75 Å². The highest BCUT2D eigenvalue weighted by Gasteiger charge is 2.25. The third-order valence-electron chi connectivity index (χ3n) is 5.63. The van der Waals surface area contributed by atoms with Gasteiger partial charge in [-0.1, -0.05) is 29.8 Å². The van der Waals surface area contributed by atoms with Gasteiger partial charge < -0.3 is 13.7 Å². The summed E-state index contributed by atoms with van der Waals surface area (Å²) in [6.07, 6.45) is 3.11. The van der Waals surface area contributed by atoms with E-state index in [1.54, 1.807) is 19.4 Å². The van der Waals surface area contributed by atoms with Crippen molar-refractivity contribution in [3.8, 4) is 17.3 Å². The van der Waals surface area contributed by atoms with E-state index in [9.17, 15) is 4.79 Å². The largest absolute Gasteiger partial charge is 0.497 e. The zero-order valence-electron chi connectivity index (χ0n) is 18.1. The lowest BCUT2D eigenvalue weighted by molar-refractivity contribution is 0.101. The molecule has 0 fully saturated rings. The Morgan fingerprint density at radius 3 is 2.64 bits per heavy atom.